The van der Waals surface area contributed by atoms with E-state index in [-0.39, 0.29) is 23.7 Å². The quantitative estimate of drug-likeness (QED) is 0.832. The summed E-state index contributed by atoms with van der Waals surface area (Å²) < 4.78 is 5.81. The number of para-hydroxylation sites is 2. The first-order valence-corrected chi connectivity index (χ1v) is 9.44. The van der Waals surface area contributed by atoms with Crippen LogP contribution in [0.15, 0.2) is 24.3 Å². The van der Waals surface area contributed by atoms with Crippen LogP contribution >= 0.6 is 0 Å². The number of hydrogen-bond acceptors (Lipinski definition) is 4. The minimum atomic E-state index is -0.0959. The fraction of sp³-hybridized carbons (Fsp3) is 0.600. The molecule has 2 heterocycles. The highest BCUT2D eigenvalue weighted by atomic mass is 16.5. The van der Waals surface area contributed by atoms with Gasteiger partial charge in [0.05, 0.1) is 23.2 Å². The Hall–Kier alpha value is -1.92. The van der Waals surface area contributed by atoms with Crippen LogP contribution < -0.4 is 5.32 Å². The summed E-state index contributed by atoms with van der Waals surface area (Å²) in [5.41, 5.74) is 1.86. The van der Waals surface area contributed by atoms with Crippen LogP contribution in [0.3, 0.4) is 0 Å². The Morgan fingerprint density at radius 3 is 2.69 bits per heavy atom. The van der Waals surface area contributed by atoms with Crippen LogP contribution in [0, 0.1) is 0 Å². The number of H-pyrrole nitrogens is 1. The Morgan fingerprint density at radius 2 is 2.00 bits per heavy atom. The molecular weight excluding hydrogens is 328 g/mol. The number of ether oxygens (including phenoxy) is 1. The van der Waals surface area contributed by atoms with Crippen molar-refractivity contribution >= 4 is 16.9 Å². The molecule has 1 saturated heterocycles. The third kappa shape index (κ3) is 4.62. The van der Waals surface area contributed by atoms with Crippen molar-refractivity contribution in [3.05, 3.63) is 30.1 Å². The molecule has 1 aliphatic heterocycles. The smallest absolute Gasteiger partial charge is 0.220 e. The highest BCUT2D eigenvalue weighted by molar-refractivity contribution is 5.77. The zero-order chi connectivity index (χ0) is 18.7. The topological polar surface area (TPSA) is 70.2 Å². The average molecular weight is 358 g/mol. The van der Waals surface area contributed by atoms with Gasteiger partial charge < -0.3 is 15.0 Å². The van der Waals surface area contributed by atoms with E-state index in [1.165, 1.54) is 0 Å². The van der Waals surface area contributed by atoms with Gasteiger partial charge in [-0.2, -0.15) is 0 Å². The molecule has 0 spiro atoms. The van der Waals surface area contributed by atoms with Crippen molar-refractivity contribution in [2.45, 2.75) is 58.3 Å². The van der Waals surface area contributed by atoms with Gasteiger partial charge in [-0.25, -0.2) is 4.98 Å². The van der Waals surface area contributed by atoms with Gasteiger partial charge in [-0.05, 0) is 39.8 Å². The predicted octanol–water partition coefficient (Wildman–Crippen LogP) is 2.50. The monoisotopic (exact) mass is 358 g/mol. The molecule has 6 nitrogen and oxygen atoms in total. The molecule has 1 aromatic heterocycles. The number of aromatic amines is 1. The number of carbonyl (C=O) groups excluding carboxylic acids is 1. The van der Waals surface area contributed by atoms with Gasteiger partial charge in [0.1, 0.15) is 5.82 Å². The number of aromatic nitrogens is 2. The maximum atomic E-state index is 12.3. The third-order valence-corrected chi connectivity index (χ3v) is 5.02. The van der Waals surface area contributed by atoms with E-state index < -0.39 is 0 Å². The van der Waals surface area contributed by atoms with Crippen LogP contribution in [0.2, 0.25) is 0 Å². The molecule has 3 rings (SSSR count). The first-order chi connectivity index (χ1) is 12.3. The standard InChI is InChI=1S/C20H30N4O2/c1-14-11-24(12-15(2)26-14)20(3,4)13-21-19(25)10-9-18-22-16-7-5-6-8-17(16)23-18/h5-8,14-15H,9-13H2,1-4H3,(H,21,25)(H,22,23)/t14-,15-/m1/s1. The third-order valence-electron chi connectivity index (χ3n) is 5.02. The van der Waals surface area contributed by atoms with Crippen molar-refractivity contribution in [1.29, 1.82) is 0 Å². The van der Waals surface area contributed by atoms with Gasteiger partial charge in [0.25, 0.3) is 0 Å². The molecule has 0 aliphatic carbocycles. The lowest BCUT2D eigenvalue weighted by atomic mass is 10.00. The summed E-state index contributed by atoms with van der Waals surface area (Å²) in [5.74, 6) is 0.921. The average Bonchev–Trinajstić information content (AvgIpc) is 3.00. The molecular formula is C20H30N4O2. The second-order valence-corrected chi connectivity index (χ2v) is 7.95. The number of benzene rings is 1. The van der Waals surface area contributed by atoms with Gasteiger partial charge in [0.15, 0.2) is 0 Å². The van der Waals surface area contributed by atoms with Crippen LogP contribution in [0.4, 0.5) is 0 Å². The van der Waals surface area contributed by atoms with Gasteiger partial charge in [0, 0.05) is 38.0 Å². The predicted molar refractivity (Wildman–Crippen MR) is 103 cm³/mol. The SMILES string of the molecule is C[C@@H]1CN(C(C)(C)CNC(=O)CCc2nc3ccccc3[nH]2)C[C@@H](C)O1. The van der Waals surface area contributed by atoms with Gasteiger partial charge in [-0.3, -0.25) is 9.69 Å². The Bertz CT molecular complexity index is 712. The summed E-state index contributed by atoms with van der Waals surface area (Å²) in [6.07, 6.45) is 1.50. The first kappa shape index (κ1) is 18.9. The Balaban J connectivity index is 1.48. The van der Waals surface area contributed by atoms with Crippen molar-refractivity contribution < 1.29 is 9.53 Å². The van der Waals surface area contributed by atoms with Crippen molar-refractivity contribution in [2.75, 3.05) is 19.6 Å². The van der Waals surface area contributed by atoms with E-state index in [1.54, 1.807) is 0 Å². The number of fused-ring (bicyclic) bond motifs is 1. The van der Waals surface area contributed by atoms with Gasteiger partial charge >= 0.3 is 0 Å². The Labute approximate surface area is 155 Å². The molecule has 2 atom stereocenters. The lowest BCUT2D eigenvalue weighted by Crippen LogP contribution is -2.58. The summed E-state index contributed by atoms with van der Waals surface area (Å²) in [6.45, 7) is 11.0. The Kier molecular flexibility index (Phi) is 5.63. The molecule has 1 amide bonds. The maximum absolute atomic E-state index is 12.3. The molecule has 1 aliphatic rings. The molecule has 0 unspecified atom stereocenters. The zero-order valence-corrected chi connectivity index (χ0v) is 16.2. The largest absolute Gasteiger partial charge is 0.373 e. The van der Waals surface area contributed by atoms with E-state index in [0.29, 0.717) is 19.4 Å². The van der Waals surface area contributed by atoms with Crippen LogP contribution in [0.25, 0.3) is 11.0 Å². The number of rotatable bonds is 6. The number of aryl methyl sites for hydroxylation is 1. The molecule has 2 N–H and O–H groups in total. The summed E-state index contributed by atoms with van der Waals surface area (Å²) in [6, 6.07) is 7.92. The van der Waals surface area contributed by atoms with Crippen molar-refractivity contribution in [3.63, 3.8) is 0 Å². The van der Waals surface area contributed by atoms with E-state index in [4.69, 9.17) is 4.74 Å². The molecule has 6 heteroatoms. The van der Waals surface area contributed by atoms with E-state index in [1.807, 2.05) is 24.3 Å². The van der Waals surface area contributed by atoms with Gasteiger partial charge in [-0.1, -0.05) is 12.1 Å². The minimum Gasteiger partial charge on any atom is -0.373 e. The summed E-state index contributed by atoms with van der Waals surface area (Å²) in [7, 11) is 0. The number of carbonyl (C=O) groups is 1. The summed E-state index contributed by atoms with van der Waals surface area (Å²) in [5, 5.41) is 3.09. The molecule has 26 heavy (non-hydrogen) atoms. The maximum Gasteiger partial charge on any atom is 0.220 e. The van der Waals surface area contributed by atoms with Crippen molar-refractivity contribution in [3.8, 4) is 0 Å². The van der Waals surface area contributed by atoms with Gasteiger partial charge in [-0.15, -0.1) is 0 Å². The van der Waals surface area contributed by atoms with Crippen LogP contribution in [0.1, 0.15) is 39.9 Å². The van der Waals surface area contributed by atoms with Crippen LogP contribution in [-0.4, -0.2) is 58.2 Å². The van der Waals surface area contributed by atoms with Crippen LogP contribution in [-0.2, 0) is 16.0 Å². The number of nitrogens with one attached hydrogen (secondary N) is 2. The van der Waals surface area contributed by atoms with Crippen molar-refractivity contribution in [2.24, 2.45) is 0 Å². The molecule has 0 saturated carbocycles. The van der Waals surface area contributed by atoms with E-state index in [9.17, 15) is 4.79 Å². The lowest BCUT2D eigenvalue weighted by Gasteiger charge is -2.45. The molecule has 142 valence electrons. The molecule has 0 radical (unpaired) electrons. The number of hydrogen-bond donors (Lipinski definition) is 2. The van der Waals surface area contributed by atoms with E-state index >= 15 is 0 Å². The van der Waals surface area contributed by atoms with Gasteiger partial charge in [0.2, 0.25) is 5.91 Å². The Morgan fingerprint density at radius 1 is 1.31 bits per heavy atom. The molecule has 0 bridgehead atoms. The number of nitrogens with zero attached hydrogens (tertiary/aromatic N) is 2. The minimum absolute atomic E-state index is 0.0629. The normalized spacial score (nSPS) is 21.8. The zero-order valence-electron chi connectivity index (χ0n) is 16.2. The lowest BCUT2D eigenvalue weighted by molar-refractivity contribution is -0.122. The van der Waals surface area contributed by atoms with Crippen LogP contribution in [0.5, 0.6) is 0 Å². The number of morpholine rings is 1. The highest BCUT2D eigenvalue weighted by Gasteiger charge is 2.33. The second-order valence-electron chi connectivity index (χ2n) is 7.95. The fourth-order valence-corrected chi connectivity index (χ4v) is 3.54. The fourth-order valence-electron chi connectivity index (χ4n) is 3.54. The van der Waals surface area contributed by atoms with E-state index in [0.717, 1.165) is 29.9 Å². The summed E-state index contributed by atoms with van der Waals surface area (Å²) >= 11 is 0. The number of imidazole rings is 1. The second kappa shape index (κ2) is 7.76. The van der Waals surface area contributed by atoms with E-state index in [2.05, 4.69) is 47.9 Å². The van der Waals surface area contributed by atoms with Crippen molar-refractivity contribution in [1.82, 2.24) is 20.2 Å². The molecule has 1 aromatic carbocycles. The molecule has 2 aromatic rings. The number of amides is 1. The molecule has 1 fully saturated rings. The summed E-state index contributed by atoms with van der Waals surface area (Å²) in [4.78, 5) is 22.5. The highest BCUT2D eigenvalue weighted by Crippen LogP contribution is 2.20. The first-order valence-electron chi connectivity index (χ1n) is 9.44.